The minimum absolute atomic E-state index is 0.0331. The molecule has 0 aliphatic carbocycles. The van der Waals surface area contributed by atoms with Gasteiger partial charge in [0.05, 0.1) is 5.56 Å². The number of hydrogen-bond acceptors (Lipinski definition) is 4. The summed E-state index contributed by atoms with van der Waals surface area (Å²) < 4.78 is 12.9. The van der Waals surface area contributed by atoms with Crippen LogP contribution in [0.5, 0.6) is 0 Å². The van der Waals surface area contributed by atoms with Crippen molar-refractivity contribution in [2.75, 3.05) is 6.61 Å². The average molecular weight is 223 g/mol. The van der Waals surface area contributed by atoms with Crippen LogP contribution in [0.2, 0.25) is 0 Å². The Morgan fingerprint density at radius 1 is 1.62 bits per heavy atom. The van der Waals surface area contributed by atoms with Crippen LogP contribution >= 0.6 is 0 Å². The summed E-state index contributed by atoms with van der Waals surface area (Å²) >= 11 is 0. The van der Waals surface area contributed by atoms with Gasteiger partial charge in [-0.3, -0.25) is 9.63 Å². The van der Waals surface area contributed by atoms with Gasteiger partial charge in [0.15, 0.2) is 0 Å². The number of hydrogen-bond donors (Lipinski definition) is 2. The first-order valence-electron chi connectivity index (χ1n) is 4.45. The molecule has 0 fully saturated rings. The van der Waals surface area contributed by atoms with Crippen LogP contribution in [0.3, 0.4) is 0 Å². The molecule has 0 aliphatic heterocycles. The second-order valence-corrected chi connectivity index (χ2v) is 3.00. The van der Waals surface area contributed by atoms with E-state index in [2.05, 4.69) is 5.48 Å². The zero-order valence-corrected chi connectivity index (χ0v) is 8.37. The van der Waals surface area contributed by atoms with E-state index in [4.69, 9.17) is 15.8 Å². The largest absolute Gasteiger partial charge is 0.368 e. The van der Waals surface area contributed by atoms with Crippen molar-refractivity contribution in [1.29, 1.82) is 5.26 Å². The summed E-state index contributed by atoms with van der Waals surface area (Å²) in [6.45, 7) is 0.00847. The number of rotatable bonds is 5. The first-order valence-corrected chi connectivity index (χ1v) is 4.45. The molecule has 1 aromatic rings. The number of halogens is 1. The lowest BCUT2D eigenvalue weighted by Gasteiger charge is -2.04. The predicted molar refractivity (Wildman–Crippen MR) is 53.1 cm³/mol. The van der Waals surface area contributed by atoms with Crippen molar-refractivity contribution >= 4 is 5.91 Å². The van der Waals surface area contributed by atoms with E-state index in [1.165, 1.54) is 18.2 Å². The Kier molecular flexibility index (Phi) is 4.39. The molecule has 0 aliphatic rings. The molecule has 0 radical (unpaired) electrons. The third kappa shape index (κ3) is 3.65. The van der Waals surface area contributed by atoms with Gasteiger partial charge in [-0.05, 0) is 17.7 Å². The Labute approximate surface area is 91.6 Å². The summed E-state index contributed by atoms with van der Waals surface area (Å²) in [5, 5.41) is 8.58. The van der Waals surface area contributed by atoms with Gasteiger partial charge in [0.25, 0.3) is 0 Å². The molecule has 0 spiro atoms. The molecule has 84 valence electrons. The minimum atomic E-state index is -0.593. The van der Waals surface area contributed by atoms with Gasteiger partial charge >= 0.3 is 0 Å². The zero-order valence-electron chi connectivity index (χ0n) is 8.37. The molecule has 1 aromatic carbocycles. The highest BCUT2D eigenvalue weighted by molar-refractivity contribution is 5.74. The van der Waals surface area contributed by atoms with Crippen molar-refractivity contribution in [2.24, 2.45) is 5.73 Å². The van der Waals surface area contributed by atoms with Crippen molar-refractivity contribution in [2.45, 2.75) is 6.54 Å². The molecule has 0 bridgehead atoms. The molecule has 0 atom stereocenters. The van der Waals surface area contributed by atoms with Crippen LogP contribution in [0.1, 0.15) is 11.1 Å². The minimum Gasteiger partial charge on any atom is -0.368 e. The van der Waals surface area contributed by atoms with Crippen LogP contribution in [-0.2, 0) is 16.2 Å². The van der Waals surface area contributed by atoms with Crippen LogP contribution in [0.4, 0.5) is 4.39 Å². The SMILES string of the molecule is N#Cc1cc(CNOCC(N)=O)ccc1F. The van der Waals surface area contributed by atoms with E-state index in [1.807, 2.05) is 0 Å². The van der Waals surface area contributed by atoms with Gasteiger partial charge in [-0.15, -0.1) is 0 Å². The molecule has 3 N–H and O–H groups in total. The second-order valence-electron chi connectivity index (χ2n) is 3.00. The van der Waals surface area contributed by atoms with Gasteiger partial charge in [-0.1, -0.05) is 6.07 Å². The third-order valence-corrected chi connectivity index (χ3v) is 1.74. The standard InChI is InChI=1S/C10H10FN3O2/c11-9-2-1-7(3-8(9)4-12)5-14-16-6-10(13)15/h1-3,14H,5-6H2,(H2,13,15). The molecular weight excluding hydrogens is 213 g/mol. The Morgan fingerprint density at radius 2 is 2.38 bits per heavy atom. The Hall–Kier alpha value is -1.97. The number of primary amides is 1. The normalized spacial score (nSPS) is 9.75. The van der Waals surface area contributed by atoms with Gasteiger partial charge in [0, 0.05) is 6.54 Å². The van der Waals surface area contributed by atoms with Crippen LogP contribution < -0.4 is 11.2 Å². The lowest BCUT2D eigenvalue weighted by molar-refractivity contribution is -0.125. The fourth-order valence-electron chi connectivity index (χ4n) is 1.02. The van der Waals surface area contributed by atoms with Gasteiger partial charge in [0.1, 0.15) is 18.5 Å². The van der Waals surface area contributed by atoms with Crippen LogP contribution in [0.15, 0.2) is 18.2 Å². The van der Waals surface area contributed by atoms with Crippen molar-refractivity contribution in [3.8, 4) is 6.07 Å². The number of carbonyl (C=O) groups is 1. The number of carbonyl (C=O) groups excluding carboxylic acids is 1. The topological polar surface area (TPSA) is 88.1 Å². The number of amides is 1. The third-order valence-electron chi connectivity index (χ3n) is 1.74. The maximum Gasteiger partial charge on any atom is 0.245 e. The molecule has 0 saturated carbocycles. The summed E-state index contributed by atoms with van der Waals surface area (Å²) in [4.78, 5) is 15.0. The van der Waals surface area contributed by atoms with Crippen LogP contribution in [-0.4, -0.2) is 12.5 Å². The van der Waals surface area contributed by atoms with Gasteiger partial charge in [-0.2, -0.15) is 10.7 Å². The van der Waals surface area contributed by atoms with Crippen molar-refractivity contribution < 1.29 is 14.0 Å². The van der Waals surface area contributed by atoms with Gasteiger partial charge < -0.3 is 5.73 Å². The second kappa shape index (κ2) is 5.80. The van der Waals surface area contributed by atoms with Gasteiger partial charge in [-0.25, -0.2) is 4.39 Å². The molecule has 1 amide bonds. The van der Waals surface area contributed by atoms with E-state index in [1.54, 1.807) is 6.07 Å². The van der Waals surface area contributed by atoms with E-state index < -0.39 is 11.7 Å². The van der Waals surface area contributed by atoms with Crippen molar-refractivity contribution in [1.82, 2.24) is 5.48 Å². The Balaban J connectivity index is 2.49. The quantitative estimate of drug-likeness (QED) is 0.551. The molecule has 6 heteroatoms. The number of nitrogens with two attached hydrogens (primary N) is 1. The number of benzene rings is 1. The number of hydroxylamine groups is 1. The molecule has 5 nitrogen and oxygen atoms in total. The molecule has 0 unspecified atom stereocenters. The summed E-state index contributed by atoms with van der Waals surface area (Å²) in [6.07, 6.45) is 0. The van der Waals surface area contributed by atoms with Crippen LogP contribution in [0, 0.1) is 17.1 Å². The maximum absolute atomic E-state index is 12.9. The zero-order chi connectivity index (χ0) is 12.0. The highest BCUT2D eigenvalue weighted by atomic mass is 19.1. The summed E-state index contributed by atoms with van der Waals surface area (Å²) in [7, 11) is 0. The smallest absolute Gasteiger partial charge is 0.245 e. The van der Waals surface area contributed by atoms with Crippen LogP contribution in [0.25, 0.3) is 0 Å². The molecule has 0 aromatic heterocycles. The van der Waals surface area contributed by atoms with E-state index >= 15 is 0 Å². The molecular formula is C10H10FN3O2. The molecule has 16 heavy (non-hydrogen) atoms. The van der Waals surface area contributed by atoms with Crippen molar-refractivity contribution in [3.63, 3.8) is 0 Å². The average Bonchev–Trinajstić information content (AvgIpc) is 2.26. The number of nitrogens with zero attached hydrogens (tertiary/aromatic N) is 1. The summed E-state index contributed by atoms with van der Waals surface area (Å²) in [5.41, 5.74) is 7.95. The van der Waals surface area contributed by atoms with E-state index in [9.17, 15) is 9.18 Å². The Bertz CT molecular complexity index is 429. The predicted octanol–water partition coefficient (Wildman–Crippen LogP) is 0.204. The Morgan fingerprint density at radius 3 is 3.00 bits per heavy atom. The molecule has 0 saturated heterocycles. The lowest BCUT2D eigenvalue weighted by atomic mass is 10.1. The fraction of sp³-hybridized carbons (Fsp3) is 0.200. The van der Waals surface area contributed by atoms with E-state index in [0.717, 1.165) is 0 Å². The number of nitrogens with one attached hydrogen (secondary N) is 1. The van der Waals surface area contributed by atoms with E-state index in [-0.39, 0.29) is 18.7 Å². The molecule has 1 rings (SSSR count). The monoisotopic (exact) mass is 223 g/mol. The summed E-state index contributed by atoms with van der Waals surface area (Å²) in [6, 6.07) is 5.83. The highest BCUT2D eigenvalue weighted by Crippen LogP contribution is 2.09. The summed E-state index contributed by atoms with van der Waals surface area (Å²) in [5.74, 6) is -1.16. The lowest BCUT2D eigenvalue weighted by Crippen LogP contribution is -2.24. The highest BCUT2D eigenvalue weighted by Gasteiger charge is 2.02. The number of nitriles is 1. The first-order chi connectivity index (χ1) is 7.63. The van der Waals surface area contributed by atoms with Gasteiger partial charge in [0.2, 0.25) is 5.91 Å². The fourth-order valence-corrected chi connectivity index (χ4v) is 1.02. The molecule has 0 heterocycles. The maximum atomic E-state index is 12.9. The first kappa shape index (κ1) is 12.1. The van der Waals surface area contributed by atoms with Crippen molar-refractivity contribution in [3.05, 3.63) is 35.1 Å². The van der Waals surface area contributed by atoms with E-state index in [0.29, 0.717) is 5.56 Å².